The lowest BCUT2D eigenvalue weighted by molar-refractivity contribution is -0.384. The lowest BCUT2D eigenvalue weighted by Crippen LogP contribution is -2.42. The van der Waals surface area contributed by atoms with Gasteiger partial charge >= 0.3 is 0 Å². The van der Waals surface area contributed by atoms with Crippen molar-refractivity contribution in [1.82, 2.24) is 4.31 Å². The Morgan fingerprint density at radius 2 is 2.00 bits per heavy atom. The van der Waals surface area contributed by atoms with Crippen molar-refractivity contribution in [2.45, 2.75) is 18.9 Å². The zero-order valence-electron chi connectivity index (χ0n) is 11.8. The molecule has 0 spiro atoms. The average Bonchev–Trinajstić information content (AvgIpc) is 2.41. The maximum atomic E-state index is 14.0. The molecule has 1 aromatic rings. The minimum Gasteiger partial charge on any atom is -0.374 e. The van der Waals surface area contributed by atoms with Crippen molar-refractivity contribution < 1.29 is 17.7 Å². The predicted octanol–water partition coefficient (Wildman–Crippen LogP) is 2.33. The maximum absolute atomic E-state index is 14.0. The van der Waals surface area contributed by atoms with Gasteiger partial charge in [0.05, 0.1) is 11.2 Å². The second kappa shape index (κ2) is 6.47. The van der Waals surface area contributed by atoms with Gasteiger partial charge in [0.2, 0.25) is 10.0 Å². The summed E-state index contributed by atoms with van der Waals surface area (Å²) in [6.45, 7) is 0.616. The number of nitrogens with zero attached hydrogens (tertiary/aromatic N) is 2. The minimum absolute atomic E-state index is 0.161. The molecule has 7 nitrogen and oxygen atoms in total. The zero-order valence-corrected chi connectivity index (χ0v) is 14.2. The summed E-state index contributed by atoms with van der Waals surface area (Å²) in [5.41, 5.74) is -0.511. The molecule has 1 aromatic carbocycles. The summed E-state index contributed by atoms with van der Waals surface area (Å²) < 4.78 is 38.5. The Balaban J connectivity index is 2.14. The van der Waals surface area contributed by atoms with Crippen LogP contribution in [0.3, 0.4) is 0 Å². The van der Waals surface area contributed by atoms with Gasteiger partial charge in [-0.1, -0.05) is 15.9 Å². The molecule has 0 unspecified atom stereocenters. The summed E-state index contributed by atoms with van der Waals surface area (Å²) in [7, 11) is -3.24. The number of nitrogens with one attached hydrogen (secondary N) is 1. The van der Waals surface area contributed by atoms with Crippen LogP contribution in [0.1, 0.15) is 12.8 Å². The van der Waals surface area contributed by atoms with Crippen molar-refractivity contribution in [1.29, 1.82) is 0 Å². The highest BCUT2D eigenvalue weighted by Crippen LogP contribution is 2.33. The molecule has 0 bridgehead atoms. The Bertz CT molecular complexity index is 690. The summed E-state index contributed by atoms with van der Waals surface area (Å²) in [6, 6.07) is 2.17. The van der Waals surface area contributed by atoms with Crippen molar-refractivity contribution >= 4 is 37.3 Å². The Hall–Kier alpha value is -1.26. The monoisotopic (exact) mass is 395 g/mol. The van der Waals surface area contributed by atoms with Crippen LogP contribution in [0.4, 0.5) is 15.8 Å². The molecule has 1 N–H and O–H groups in total. The second-order valence-corrected chi connectivity index (χ2v) is 8.02. The van der Waals surface area contributed by atoms with Gasteiger partial charge in [-0.25, -0.2) is 17.1 Å². The lowest BCUT2D eigenvalue weighted by Gasteiger charge is -2.31. The van der Waals surface area contributed by atoms with Gasteiger partial charge in [0.1, 0.15) is 5.69 Å². The largest absolute Gasteiger partial charge is 0.374 e. The van der Waals surface area contributed by atoms with E-state index in [1.165, 1.54) is 10.4 Å². The number of nitro benzene ring substituents is 1. The first-order chi connectivity index (χ1) is 10.2. The SMILES string of the molecule is CS(=O)(=O)N1CCC(Nc2c(F)cc(Br)cc2[N+](=O)[O-])CC1. The first-order valence-electron chi connectivity index (χ1n) is 6.53. The van der Waals surface area contributed by atoms with Crippen molar-refractivity contribution in [3.8, 4) is 0 Å². The van der Waals surface area contributed by atoms with Crippen molar-refractivity contribution in [2.75, 3.05) is 24.7 Å². The number of hydrogen-bond acceptors (Lipinski definition) is 5. The Morgan fingerprint density at radius 1 is 1.41 bits per heavy atom. The molecule has 1 aliphatic heterocycles. The predicted molar refractivity (Wildman–Crippen MR) is 83.8 cm³/mol. The number of hydrogen-bond donors (Lipinski definition) is 1. The fourth-order valence-electron chi connectivity index (χ4n) is 2.38. The van der Waals surface area contributed by atoms with Crippen LogP contribution < -0.4 is 5.32 Å². The van der Waals surface area contributed by atoms with E-state index >= 15 is 0 Å². The first-order valence-corrected chi connectivity index (χ1v) is 9.17. The summed E-state index contributed by atoms with van der Waals surface area (Å²) >= 11 is 3.02. The number of sulfonamides is 1. The number of rotatable bonds is 4. The third-order valence-electron chi connectivity index (χ3n) is 3.50. The third kappa shape index (κ3) is 3.93. The quantitative estimate of drug-likeness (QED) is 0.623. The zero-order chi connectivity index (χ0) is 16.5. The van der Waals surface area contributed by atoms with Crippen LogP contribution in [0.5, 0.6) is 0 Å². The molecule has 1 fully saturated rings. The molecular formula is C12H15BrFN3O4S. The molecule has 2 rings (SSSR count). The summed E-state index contributed by atoms with van der Waals surface area (Å²) in [5, 5.41) is 13.9. The van der Waals surface area contributed by atoms with E-state index in [-0.39, 0.29) is 21.9 Å². The van der Waals surface area contributed by atoms with Crippen LogP contribution in [-0.4, -0.2) is 43.0 Å². The topological polar surface area (TPSA) is 92.6 Å². The summed E-state index contributed by atoms with van der Waals surface area (Å²) in [5.74, 6) is -0.716. The number of piperidine rings is 1. The van der Waals surface area contributed by atoms with Gasteiger partial charge in [0.15, 0.2) is 5.82 Å². The molecular weight excluding hydrogens is 381 g/mol. The van der Waals surface area contributed by atoms with Crippen LogP contribution in [0.15, 0.2) is 16.6 Å². The molecule has 0 aromatic heterocycles. The van der Waals surface area contributed by atoms with Crippen molar-refractivity contribution in [3.05, 3.63) is 32.5 Å². The standard InChI is InChI=1S/C12H15BrFN3O4S/c1-22(20,21)16-4-2-9(3-5-16)15-12-10(14)6-8(13)7-11(12)17(18)19/h6-7,9,15H,2-5H2,1H3. The van der Waals surface area contributed by atoms with Gasteiger partial charge in [-0.05, 0) is 18.9 Å². The van der Waals surface area contributed by atoms with E-state index in [9.17, 15) is 22.9 Å². The molecule has 1 heterocycles. The number of halogens is 2. The molecule has 0 radical (unpaired) electrons. The number of benzene rings is 1. The van der Waals surface area contributed by atoms with Crippen LogP contribution in [0.2, 0.25) is 0 Å². The second-order valence-electron chi connectivity index (χ2n) is 5.12. The minimum atomic E-state index is -3.24. The Kier molecular flexibility index (Phi) is 5.03. The van der Waals surface area contributed by atoms with Crippen LogP contribution in [0, 0.1) is 15.9 Å². The van der Waals surface area contributed by atoms with E-state index in [1.54, 1.807) is 0 Å². The third-order valence-corrected chi connectivity index (χ3v) is 5.26. The molecule has 10 heteroatoms. The highest BCUT2D eigenvalue weighted by Gasteiger charge is 2.28. The van der Waals surface area contributed by atoms with E-state index in [1.807, 2.05) is 0 Å². The molecule has 1 aliphatic rings. The van der Waals surface area contributed by atoms with Crippen LogP contribution >= 0.6 is 15.9 Å². The van der Waals surface area contributed by atoms with E-state index in [0.717, 1.165) is 12.3 Å². The van der Waals surface area contributed by atoms with Gasteiger partial charge in [-0.2, -0.15) is 0 Å². The summed E-state index contributed by atoms with van der Waals surface area (Å²) in [4.78, 5) is 10.4. The fraction of sp³-hybridized carbons (Fsp3) is 0.500. The highest BCUT2D eigenvalue weighted by molar-refractivity contribution is 9.10. The van der Waals surface area contributed by atoms with Crippen molar-refractivity contribution in [3.63, 3.8) is 0 Å². The molecule has 0 amide bonds. The van der Waals surface area contributed by atoms with Crippen molar-refractivity contribution in [2.24, 2.45) is 0 Å². The highest BCUT2D eigenvalue weighted by atomic mass is 79.9. The number of anilines is 1. The van der Waals surface area contributed by atoms with Gasteiger partial charge in [-0.3, -0.25) is 10.1 Å². The summed E-state index contributed by atoms with van der Waals surface area (Å²) in [6.07, 6.45) is 2.06. The molecule has 1 saturated heterocycles. The smallest absolute Gasteiger partial charge is 0.296 e. The molecule has 22 heavy (non-hydrogen) atoms. The lowest BCUT2D eigenvalue weighted by atomic mass is 10.1. The molecule has 0 saturated carbocycles. The Labute approximate surface area is 135 Å². The fourth-order valence-corrected chi connectivity index (χ4v) is 3.67. The average molecular weight is 396 g/mol. The van der Waals surface area contributed by atoms with E-state index in [4.69, 9.17) is 0 Å². The molecule has 0 atom stereocenters. The normalized spacial score (nSPS) is 17.4. The van der Waals surface area contributed by atoms with Gasteiger partial charge in [0, 0.05) is 29.7 Å². The van der Waals surface area contributed by atoms with E-state index < -0.39 is 20.8 Å². The van der Waals surface area contributed by atoms with E-state index in [0.29, 0.717) is 25.9 Å². The maximum Gasteiger partial charge on any atom is 0.296 e. The Morgan fingerprint density at radius 3 is 2.50 bits per heavy atom. The van der Waals surface area contributed by atoms with Crippen LogP contribution in [-0.2, 0) is 10.0 Å². The van der Waals surface area contributed by atoms with Crippen LogP contribution in [0.25, 0.3) is 0 Å². The number of nitro groups is 1. The first kappa shape index (κ1) is 17.1. The van der Waals surface area contributed by atoms with Gasteiger partial charge < -0.3 is 5.32 Å². The molecule has 122 valence electrons. The van der Waals surface area contributed by atoms with Gasteiger partial charge in [-0.15, -0.1) is 0 Å². The van der Waals surface area contributed by atoms with E-state index in [2.05, 4.69) is 21.2 Å². The van der Waals surface area contributed by atoms with Gasteiger partial charge in [0.25, 0.3) is 5.69 Å². The molecule has 0 aliphatic carbocycles.